The Kier molecular flexibility index (Phi) is 6.47. The minimum absolute atomic E-state index is 0.117. The monoisotopic (exact) mass is 430 g/mol. The van der Waals surface area contributed by atoms with Crippen LogP contribution < -0.4 is 0 Å². The summed E-state index contributed by atoms with van der Waals surface area (Å²) in [7, 11) is 0. The molecule has 10 unspecified atom stereocenters. The van der Waals surface area contributed by atoms with Crippen LogP contribution in [0.15, 0.2) is 0 Å². The molecule has 0 radical (unpaired) electrons. The number of aliphatic hydroxyl groups is 1. The molecule has 31 heavy (non-hydrogen) atoms. The predicted octanol–water partition coefficient (Wildman–Crippen LogP) is 8.35. The molecular formula is C30H54O. The molecule has 0 heterocycles. The van der Waals surface area contributed by atoms with E-state index in [2.05, 4.69) is 55.4 Å². The van der Waals surface area contributed by atoms with Crippen LogP contribution in [0.4, 0.5) is 0 Å². The molecule has 4 aliphatic rings. The highest BCUT2D eigenvalue weighted by Crippen LogP contribution is 2.70. The number of hydrogen-bond acceptors (Lipinski definition) is 1. The summed E-state index contributed by atoms with van der Waals surface area (Å²) in [6.07, 6.45) is 13.9. The molecule has 4 rings (SSSR count). The SMILES string of the molecule is CC(C)C(O)CCC(C)C1CCC2C3C(C)CC4CC(C)(C)CCC4(C)C3CCC12C. The first-order chi connectivity index (χ1) is 14.4. The average molecular weight is 431 g/mol. The molecule has 10 atom stereocenters. The third-order valence-corrected chi connectivity index (χ3v) is 12.0. The predicted molar refractivity (Wildman–Crippen MR) is 133 cm³/mol. The van der Waals surface area contributed by atoms with E-state index in [-0.39, 0.29) is 6.10 Å². The van der Waals surface area contributed by atoms with Crippen LogP contribution in [0.1, 0.15) is 120 Å². The fourth-order valence-electron chi connectivity index (χ4n) is 9.96. The van der Waals surface area contributed by atoms with Crippen LogP contribution in [0.2, 0.25) is 0 Å². The highest BCUT2D eigenvalue weighted by Gasteiger charge is 2.62. The Morgan fingerprint density at radius 1 is 0.839 bits per heavy atom. The van der Waals surface area contributed by atoms with E-state index < -0.39 is 0 Å². The van der Waals surface area contributed by atoms with Gasteiger partial charge in [0, 0.05) is 0 Å². The second kappa shape index (κ2) is 8.32. The number of aliphatic hydroxyl groups excluding tert-OH is 1. The van der Waals surface area contributed by atoms with Crippen molar-refractivity contribution in [3.05, 3.63) is 0 Å². The highest BCUT2D eigenvalue weighted by molar-refractivity contribution is 5.11. The molecule has 4 fully saturated rings. The molecule has 1 heteroatoms. The van der Waals surface area contributed by atoms with Gasteiger partial charge in [0.25, 0.3) is 0 Å². The minimum Gasteiger partial charge on any atom is -0.393 e. The van der Waals surface area contributed by atoms with Gasteiger partial charge in [-0.05, 0) is 128 Å². The maximum absolute atomic E-state index is 10.4. The van der Waals surface area contributed by atoms with E-state index in [1.807, 2.05) is 0 Å². The molecule has 0 saturated heterocycles. The molecular weight excluding hydrogens is 376 g/mol. The third-order valence-electron chi connectivity index (χ3n) is 12.0. The molecule has 0 aromatic carbocycles. The minimum atomic E-state index is -0.117. The van der Waals surface area contributed by atoms with Crippen molar-refractivity contribution in [2.24, 2.45) is 63.6 Å². The highest BCUT2D eigenvalue weighted by atomic mass is 16.3. The van der Waals surface area contributed by atoms with E-state index in [0.717, 1.165) is 47.8 Å². The summed E-state index contributed by atoms with van der Waals surface area (Å²) in [6, 6.07) is 0. The number of fused-ring (bicyclic) bond motifs is 5. The zero-order chi connectivity index (χ0) is 22.8. The lowest BCUT2D eigenvalue weighted by Gasteiger charge is -2.64. The fraction of sp³-hybridized carbons (Fsp3) is 1.00. The van der Waals surface area contributed by atoms with E-state index in [4.69, 9.17) is 0 Å². The number of hydrogen-bond donors (Lipinski definition) is 1. The quantitative estimate of drug-likeness (QED) is 0.464. The van der Waals surface area contributed by atoms with Gasteiger partial charge in [0.05, 0.1) is 6.10 Å². The summed E-state index contributed by atoms with van der Waals surface area (Å²) < 4.78 is 0. The average Bonchev–Trinajstić information content (AvgIpc) is 3.04. The summed E-state index contributed by atoms with van der Waals surface area (Å²) in [6.45, 7) is 20.0. The lowest BCUT2D eigenvalue weighted by atomic mass is 9.41. The van der Waals surface area contributed by atoms with Crippen LogP contribution in [0.3, 0.4) is 0 Å². The van der Waals surface area contributed by atoms with Crippen LogP contribution >= 0.6 is 0 Å². The smallest absolute Gasteiger partial charge is 0.0563 e. The fourth-order valence-corrected chi connectivity index (χ4v) is 9.96. The van der Waals surface area contributed by atoms with Crippen molar-refractivity contribution < 1.29 is 5.11 Å². The van der Waals surface area contributed by atoms with E-state index >= 15 is 0 Å². The number of rotatable bonds is 5. The van der Waals surface area contributed by atoms with Gasteiger partial charge in [-0.3, -0.25) is 0 Å². The van der Waals surface area contributed by atoms with Crippen molar-refractivity contribution in [2.75, 3.05) is 0 Å². The Morgan fingerprint density at radius 2 is 1.52 bits per heavy atom. The summed E-state index contributed by atoms with van der Waals surface area (Å²) in [4.78, 5) is 0. The maximum Gasteiger partial charge on any atom is 0.0563 e. The third kappa shape index (κ3) is 4.06. The van der Waals surface area contributed by atoms with Gasteiger partial charge in [-0.15, -0.1) is 0 Å². The van der Waals surface area contributed by atoms with Crippen LogP contribution in [0, 0.1) is 63.6 Å². The first-order valence-corrected chi connectivity index (χ1v) is 14.1. The Labute approximate surface area is 194 Å². The molecule has 180 valence electrons. The van der Waals surface area contributed by atoms with Gasteiger partial charge >= 0.3 is 0 Å². The van der Waals surface area contributed by atoms with Gasteiger partial charge in [0.15, 0.2) is 0 Å². The van der Waals surface area contributed by atoms with E-state index in [9.17, 15) is 5.11 Å². The summed E-state index contributed by atoms with van der Waals surface area (Å²) >= 11 is 0. The molecule has 1 nitrogen and oxygen atoms in total. The Morgan fingerprint density at radius 3 is 2.19 bits per heavy atom. The second-order valence-corrected chi connectivity index (χ2v) is 14.7. The van der Waals surface area contributed by atoms with Crippen molar-refractivity contribution in [1.82, 2.24) is 0 Å². The first kappa shape index (κ1) is 24.1. The zero-order valence-corrected chi connectivity index (χ0v) is 22.2. The lowest BCUT2D eigenvalue weighted by molar-refractivity contribution is -0.151. The van der Waals surface area contributed by atoms with Gasteiger partial charge in [-0.1, -0.05) is 55.4 Å². The lowest BCUT2D eigenvalue weighted by Crippen LogP contribution is -2.56. The second-order valence-electron chi connectivity index (χ2n) is 14.7. The summed E-state index contributed by atoms with van der Waals surface area (Å²) in [5, 5.41) is 10.4. The van der Waals surface area contributed by atoms with E-state index in [1.165, 1.54) is 57.8 Å². The van der Waals surface area contributed by atoms with E-state index in [0.29, 0.717) is 22.2 Å². The van der Waals surface area contributed by atoms with Gasteiger partial charge < -0.3 is 5.11 Å². The van der Waals surface area contributed by atoms with Gasteiger partial charge in [-0.2, -0.15) is 0 Å². The van der Waals surface area contributed by atoms with Gasteiger partial charge in [0.2, 0.25) is 0 Å². The van der Waals surface area contributed by atoms with E-state index in [1.54, 1.807) is 0 Å². The van der Waals surface area contributed by atoms with Crippen molar-refractivity contribution in [1.29, 1.82) is 0 Å². The Bertz CT molecular complexity index is 636. The maximum atomic E-state index is 10.4. The van der Waals surface area contributed by atoms with Crippen molar-refractivity contribution in [3.63, 3.8) is 0 Å². The summed E-state index contributed by atoms with van der Waals surface area (Å²) in [5.41, 5.74) is 1.72. The molecule has 0 bridgehead atoms. The summed E-state index contributed by atoms with van der Waals surface area (Å²) in [5.74, 6) is 6.82. The van der Waals surface area contributed by atoms with Crippen LogP contribution in [0.5, 0.6) is 0 Å². The molecule has 1 N–H and O–H groups in total. The molecule has 0 aromatic rings. The Hall–Kier alpha value is -0.0400. The molecule has 0 spiro atoms. The standard InChI is InChI=1S/C30H54O/c1-19(2)26(31)12-9-20(3)23-10-11-24-27-21(4)17-22-18-28(5,6)15-16-29(22,7)25(27)13-14-30(23,24)8/h19-27,31H,9-18H2,1-8H3. The van der Waals surface area contributed by atoms with Crippen LogP contribution in [0.25, 0.3) is 0 Å². The normalized spacial score (nSPS) is 48.6. The first-order valence-electron chi connectivity index (χ1n) is 14.1. The van der Waals surface area contributed by atoms with Crippen LogP contribution in [-0.2, 0) is 0 Å². The van der Waals surface area contributed by atoms with Crippen molar-refractivity contribution >= 4 is 0 Å². The Balaban J connectivity index is 1.51. The van der Waals surface area contributed by atoms with Gasteiger partial charge in [0.1, 0.15) is 0 Å². The topological polar surface area (TPSA) is 20.2 Å². The van der Waals surface area contributed by atoms with Crippen molar-refractivity contribution in [2.45, 2.75) is 126 Å². The molecule has 0 aliphatic heterocycles. The van der Waals surface area contributed by atoms with Crippen LogP contribution in [-0.4, -0.2) is 11.2 Å². The zero-order valence-electron chi connectivity index (χ0n) is 22.2. The molecule has 4 saturated carbocycles. The molecule has 0 amide bonds. The molecule has 4 aliphatic carbocycles. The van der Waals surface area contributed by atoms with Crippen molar-refractivity contribution in [3.8, 4) is 0 Å². The van der Waals surface area contributed by atoms with Gasteiger partial charge in [-0.25, -0.2) is 0 Å². The largest absolute Gasteiger partial charge is 0.393 e. The molecule has 0 aromatic heterocycles.